The zero-order valence-corrected chi connectivity index (χ0v) is 12.9. The van der Waals surface area contributed by atoms with Gasteiger partial charge in [-0.25, -0.2) is 0 Å². The summed E-state index contributed by atoms with van der Waals surface area (Å²) < 4.78 is 0. The molecule has 0 N–H and O–H groups in total. The third-order valence-electron chi connectivity index (χ3n) is 5.76. The Morgan fingerprint density at radius 2 is 1.48 bits per heavy atom. The van der Waals surface area contributed by atoms with Gasteiger partial charge in [0, 0.05) is 23.1 Å². The molecule has 0 saturated carbocycles. The molecule has 4 aliphatic heterocycles. The maximum Gasteiger partial charge on any atom is 0.261 e. The highest BCUT2D eigenvalue weighted by molar-refractivity contribution is 6.25. The number of nitrogens with zero attached hydrogens (tertiary/aromatic N) is 2. The highest BCUT2D eigenvalue weighted by Crippen LogP contribution is 2.36. The molecule has 4 heterocycles. The molecule has 1 atom stereocenters. The number of rotatable bonds is 1. The lowest BCUT2D eigenvalue weighted by atomic mass is 9.81. The number of benzene rings is 2. The minimum Gasteiger partial charge on any atom is -0.301 e. The molecule has 3 saturated heterocycles. The van der Waals surface area contributed by atoms with E-state index in [1.165, 1.54) is 0 Å². The first-order valence-corrected chi connectivity index (χ1v) is 8.36. The van der Waals surface area contributed by atoms with Gasteiger partial charge < -0.3 is 4.90 Å². The SMILES string of the molecule is O=C1c2cccc3cccc(c23)C(=O)N1[C@H]1CN2CCC1CC2. The van der Waals surface area contributed by atoms with Crippen molar-refractivity contribution < 1.29 is 9.59 Å². The van der Waals surface area contributed by atoms with Crippen molar-refractivity contribution in [2.75, 3.05) is 19.6 Å². The van der Waals surface area contributed by atoms with Gasteiger partial charge in [0.05, 0.1) is 6.04 Å². The van der Waals surface area contributed by atoms with Crippen LogP contribution in [0.5, 0.6) is 0 Å². The summed E-state index contributed by atoms with van der Waals surface area (Å²) in [6, 6.07) is 11.5. The minimum absolute atomic E-state index is 0.0288. The quantitative estimate of drug-likeness (QED) is 0.760. The van der Waals surface area contributed by atoms with Crippen LogP contribution in [-0.2, 0) is 0 Å². The first-order valence-electron chi connectivity index (χ1n) is 8.36. The number of piperidine rings is 3. The first-order chi connectivity index (χ1) is 11.2. The van der Waals surface area contributed by atoms with E-state index in [-0.39, 0.29) is 17.9 Å². The number of carbonyl (C=O) groups is 2. The molecule has 6 rings (SSSR count). The fraction of sp³-hybridized carbons (Fsp3) is 0.368. The predicted octanol–water partition coefficient (Wildman–Crippen LogP) is 2.53. The van der Waals surface area contributed by atoms with Crippen LogP contribution < -0.4 is 0 Å². The van der Waals surface area contributed by atoms with Crippen molar-refractivity contribution in [2.24, 2.45) is 5.92 Å². The van der Waals surface area contributed by atoms with E-state index in [2.05, 4.69) is 4.90 Å². The Labute approximate surface area is 134 Å². The predicted molar refractivity (Wildman–Crippen MR) is 87.4 cm³/mol. The van der Waals surface area contributed by atoms with E-state index in [1.54, 1.807) is 4.90 Å². The molecule has 2 aromatic rings. The van der Waals surface area contributed by atoms with Gasteiger partial charge in [-0.05, 0) is 49.4 Å². The summed E-state index contributed by atoms with van der Waals surface area (Å²) in [5, 5.41) is 1.79. The number of carbonyl (C=O) groups excluding carboxylic acids is 2. The summed E-state index contributed by atoms with van der Waals surface area (Å²) in [5.74, 6) is 0.230. The Morgan fingerprint density at radius 3 is 2.00 bits per heavy atom. The monoisotopic (exact) mass is 306 g/mol. The molecule has 2 bridgehead atoms. The molecular weight excluding hydrogens is 288 g/mol. The Morgan fingerprint density at radius 1 is 0.870 bits per heavy atom. The Kier molecular flexibility index (Phi) is 2.68. The van der Waals surface area contributed by atoms with Gasteiger partial charge in [0.2, 0.25) is 0 Å². The van der Waals surface area contributed by atoms with Crippen molar-refractivity contribution in [1.29, 1.82) is 0 Å². The van der Waals surface area contributed by atoms with Crippen LogP contribution >= 0.6 is 0 Å². The third kappa shape index (κ3) is 1.75. The Bertz CT molecular complexity index is 786. The average molecular weight is 306 g/mol. The van der Waals surface area contributed by atoms with Crippen LogP contribution in [0.1, 0.15) is 33.6 Å². The van der Waals surface area contributed by atoms with Crippen LogP contribution in [-0.4, -0.2) is 47.3 Å². The molecule has 0 aromatic heterocycles. The van der Waals surface area contributed by atoms with E-state index in [0.29, 0.717) is 17.0 Å². The highest BCUT2D eigenvalue weighted by Gasteiger charge is 2.44. The van der Waals surface area contributed by atoms with Gasteiger partial charge in [0.15, 0.2) is 0 Å². The molecule has 0 radical (unpaired) electrons. The zero-order chi connectivity index (χ0) is 15.6. The molecular formula is C19H18N2O2. The summed E-state index contributed by atoms with van der Waals surface area (Å²) in [4.78, 5) is 30.1. The number of amides is 2. The van der Waals surface area contributed by atoms with Gasteiger partial charge in [-0.2, -0.15) is 0 Å². The van der Waals surface area contributed by atoms with Gasteiger partial charge in [-0.15, -0.1) is 0 Å². The first kappa shape index (κ1) is 13.3. The van der Waals surface area contributed by atoms with Crippen molar-refractivity contribution in [2.45, 2.75) is 18.9 Å². The average Bonchev–Trinajstić information content (AvgIpc) is 2.61. The van der Waals surface area contributed by atoms with E-state index in [4.69, 9.17) is 0 Å². The second kappa shape index (κ2) is 4.65. The van der Waals surface area contributed by atoms with Gasteiger partial charge in [0.1, 0.15) is 0 Å². The summed E-state index contributed by atoms with van der Waals surface area (Å²) in [7, 11) is 0. The van der Waals surface area contributed by atoms with Crippen LogP contribution in [0.2, 0.25) is 0 Å². The summed E-state index contributed by atoms with van der Waals surface area (Å²) in [5.41, 5.74) is 1.35. The zero-order valence-electron chi connectivity index (χ0n) is 12.9. The molecule has 2 aromatic carbocycles. The third-order valence-corrected chi connectivity index (χ3v) is 5.76. The van der Waals surface area contributed by atoms with Crippen molar-refractivity contribution >= 4 is 22.6 Å². The van der Waals surface area contributed by atoms with E-state index in [1.807, 2.05) is 36.4 Å². The van der Waals surface area contributed by atoms with Crippen molar-refractivity contribution in [3.05, 3.63) is 47.5 Å². The maximum absolute atomic E-state index is 13.1. The molecule has 0 spiro atoms. The lowest BCUT2D eigenvalue weighted by Crippen LogP contribution is -2.60. The maximum atomic E-state index is 13.1. The lowest BCUT2D eigenvalue weighted by molar-refractivity contribution is 0.00882. The Hall–Kier alpha value is -2.20. The van der Waals surface area contributed by atoms with Gasteiger partial charge >= 0.3 is 0 Å². The van der Waals surface area contributed by atoms with Crippen LogP contribution in [0.4, 0.5) is 0 Å². The standard InChI is InChI=1S/C19H18N2O2/c22-18-14-5-1-3-13-4-2-6-15(17(13)14)19(23)21(18)16-11-20-9-7-12(16)8-10-20/h1-6,12,16H,7-11H2/t16-/m0/s1. The smallest absolute Gasteiger partial charge is 0.261 e. The number of hydrogen-bond donors (Lipinski definition) is 0. The number of imide groups is 1. The second-order valence-electron chi connectivity index (χ2n) is 6.89. The fourth-order valence-corrected chi connectivity index (χ4v) is 4.58. The molecule has 4 heteroatoms. The number of hydrogen-bond acceptors (Lipinski definition) is 3. The minimum atomic E-state index is -0.113. The highest BCUT2D eigenvalue weighted by atomic mass is 16.2. The molecule has 0 aliphatic carbocycles. The van der Waals surface area contributed by atoms with Crippen molar-refractivity contribution in [3.8, 4) is 0 Å². The Balaban J connectivity index is 1.66. The molecule has 0 unspecified atom stereocenters. The van der Waals surface area contributed by atoms with Gasteiger partial charge in [0.25, 0.3) is 11.8 Å². The topological polar surface area (TPSA) is 40.6 Å². The summed E-state index contributed by atoms with van der Waals surface area (Å²) in [6.45, 7) is 3.04. The van der Waals surface area contributed by atoms with Crippen LogP contribution in [0.3, 0.4) is 0 Å². The van der Waals surface area contributed by atoms with E-state index < -0.39 is 0 Å². The summed E-state index contributed by atoms with van der Waals surface area (Å²) >= 11 is 0. The van der Waals surface area contributed by atoms with Gasteiger partial charge in [-0.3, -0.25) is 14.5 Å². The lowest BCUT2D eigenvalue weighted by Gasteiger charge is -2.49. The van der Waals surface area contributed by atoms with Gasteiger partial charge in [-0.1, -0.05) is 24.3 Å². The number of fused-ring (bicyclic) bond motifs is 3. The molecule has 4 aliphatic rings. The van der Waals surface area contributed by atoms with E-state index in [9.17, 15) is 9.59 Å². The normalized spacial score (nSPS) is 29.4. The van der Waals surface area contributed by atoms with Crippen molar-refractivity contribution in [3.63, 3.8) is 0 Å². The van der Waals surface area contributed by atoms with E-state index >= 15 is 0 Å². The van der Waals surface area contributed by atoms with E-state index in [0.717, 1.165) is 43.2 Å². The second-order valence-corrected chi connectivity index (χ2v) is 6.89. The molecule has 2 amide bonds. The van der Waals surface area contributed by atoms with Crippen LogP contribution in [0.25, 0.3) is 10.8 Å². The molecule has 23 heavy (non-hydrogen) atoms. The van der Waals surface area contributed by atoms with Crippen LogP contribution in [0.15, 0.2) is 36.4 Å². The molecule has 3 fully saturated rings. The fourth-order valence-electron chi connectivity index (χ4n) is 4.58. The molecule has 4 nitrogen and oxygen atoms in total. The van der Waals surface area contributed by atoms with Crippen molar-refractivity contribution in [1.82, 2.24) is 9.80 Å². The molecule has 116 valence electrons. The van der Waals surface area contributed by atoms with Crippen LogP contribution in [0, 0.1) is 5.92 Å². The summed E-state index contributed by atoms with van der Waals surface area (Å²) in [6.07, 6.45) is 2.18. The largest absolute Gasteiger partial charge is 0.301 e.